The molecular formula is C17H21N3OS. The Labute approximate surface area is 134 Å². The Hall–Kier alpha value is -1.88. The first-order valence-electron chi connectivity index (χ1n) is 7.77. The van der Waals surface area contributed by atoms with Crippen LogP contribution in [0.3, 0.4) is 0 Å². The summed E-state index contributed by atoms with van der Waals surface area (Å²) in [5.41, 5.74) is 9.38. The Bertz CT molecular complexity index is 653. The van der Waals surface area contributed by atoms with Crippen molar-refractivity contribution in [3.63, 3.8) is 0 Å². The van der Waals surface area contributed by atoms with Gasteiger partial charge >= 0.3 is 0 Å². The van der Waals surface area contributed by atoms with Crippen LogP contribution in [0.25, 0.3) is 0 Å². The summed E-state index contributed by atoms with van der Waals surface area (Å²) < 4.78 is 0. The summed E-state index contributed by atoms with van der Waals surface area (Å²) in [4.78, 5) is 16.3. The molecule has 4 nitrogen and oxygen atoms in total. The van der Waals surface area contributed by atoms with Gasteiger partial charge in [-0.1, -0.05) is 24.3 Å². The van der Waals surface area contributed by atoms with Crippen molar-refractivity contribution in [3.05, 3.63) is 46.5 Å². The zero-order chi connectivity index (χ0) is 15.4. The molecule has 1 aromatic carbocycles. The molecule has 1 aliphatic carbocycles. The third-order valence-corrected chi connectivity index (χ3v) is 4.91. The monoisotopic (exact) mass is 315 g/mol. The minimum Gasteiger partial charge on any atom is -0.375 e. The number of amides is 1. The number of nitrogens with two attached hydrogens (primary N) is 1. The first kappa shape index (κ1) is 15.0. The van der Waals surface area contributed by atoms with Gasteiger partial charge < -0.3 is 11.1 Å². The topological polar surface area (TPSA) is 68.0 Å². The first-order valence-corrected chi connectivity index (χ1v) is 8.64. The minimum atomic E-state index is 0.152. The molecule has 22 heavy (non-hydrogen) atoms. The van der Waals surface area contributed by atoms with E-state index < -0.39 is 0 Å². The number of nitrogen functional groups attached to an aromatic ring is 1. The van der Waals surface area contributed by atoms with Gasteiger partial charge in [0.15, 0.2) is 5.13 Å². The van der Waals surface area contributed by atoms with Crippen LogP contribution in [0.1, 0.15) is 42.0 Å². The van der Waals surface area contributed by atoms with Gasteiger partial charge in [-0.15, -0.1) is 11.3 Å². The fraction of sp³-hybridized carbons (Fsp3) is 0.412. The second kappa shape index (κ2) is 6.92. The number of aromatic nitrogens is 1. The number of rotatable bonds is 6. The zero-order valence-corrected chi connectivity index (χ0v) is 13.4. The van der Waals surface area contributed by atoms with E-state index in [1.807, 2.05) is 5.38 Å². The van der Waals surface area contributed by atoms with Crippen molar-refractivity contribution in [1.29, 1.82) is 0 Å². The van der Waals surface area contributed by atoms with E-state index in [-0.39, 0.29) is 5.91 Å². The lowest BCUT2D eigenvalue weighted by Crippen LogP contribution is -2.26. The highest BCUT2D eigenvalue weighted by Crippen LogP contribution is 2.34. The molecule has 0 aliphatic heterocycles. The van der Waals surface area contributed by atoms with Crippen LogP contribution in [-0.2, 0) is 17.6 Å². The second-order valence-electron chi connectivity index (χ2n) is 5.77. The number of nitrogens with zero attached hydrogens (tertiary/aromatic N) is 1. The zero-order valence-electron chi connectivity index (χ0n) is 12.5. The van der Waals surface area contributed by atoms with Gasteiger partial charge in [0.2, 0.25) is 5.91 Å². The quantitative estimate of drug-likeness (QED) is 0.805. The number of benzene rings is 1. The van der Waals surface area contributed by atoms with Crippen LogP contribution in [-0.4, -0.2) is 17.4 Å². The Morgan fingerprint density at radius 1 is 1.41 bits per heavy atom. The maximum atomic E-state index is 12.1. The maximum absolute atomic E-state index is 12.1. The Morgan fingerprint density at radius 2 is 2.27 bits per heavy atom. The predicted molar refractivity (Wildman–Crippen MR) is 90.0 cm³/mol. The van der Waals surface area contributed by atoms with E-state index in [1.165, 1.54) is 22.5 Å². The molecule has 1 atom stereocenters. The van der Waals surface area contributed by atoms with E-state index >= 15 is 0 Å². The lowest BCUT2D eigenvalue weighted by Gasteiger charge is -2.11. The predicted octanol–water partition coefficient (Wildman–Crippen LogP) is 2.89. The highest BCUT2D eigenvalue weighted by molar-refractivity contribution is 7.13. The molecule has 0 bridgehead atoms. The van der Waals surface area contributed by atoms with Crippen LogP contribution in [0, 0.1) is 0 Å². The van der Waals surface area contributed by atoms with Gasteiger partial charge in [0.05, 0.1) is 5.69 Å². The van der Waals surface area contributed by atoms with Gasteiger partial charge in [0, 0.05) is 18.3 Å². The Morgan fingerprint density at radius 3 is 3.09 bits per heavy atom. The summed E-state index contributed by atoms with van der Waals surface area (Å²) in [6, 6.07) is 8.47. The van der Waals surface area contributed by atoms with E-state index in [1.54, 1.807) is 0 Å². The molecule has 0 fully saturated rings. The van der Waals surface area contributed by atoms with E-state index in [0.29, 0.717) is 24.0 Å². The van der Waals surface area contributed by atoms with Crippen LogP contribution in [0.4, 0.5) is 5.13 Å². The molecule has 1 amide bonds. The molecule has 2 aromatic rings. The number of fused-ring (bicyclic) bond motifs is 1. The lowest BCUT2D eigenvalue weighted by atomic mass is 9.97. The number of hydrogen-bond donors (Lipinski definition) is 2. The van der Waals surface area contributed by atoms with E-state index in [9.17, 15) is 4.79 Å². The normalized spacial score (nSPS) is 16.5. The fourth-order valence-electron chi connectivity index (χ4n) is 3.09. The Kier molecular flexibility index (Phi) is 4.73. The first-order chi connectivity index (χ1) is 10.7. The summed E-state index contributed by atoms with van der Waals surface area (Å²) >= 11 is 1.46. The van der Waals surface area contributed by atoms with Gasteiger partial charge in [-0.3, -0.25) is 4.79 Å². The van der Waals surface area contributed by atoms with Crippen LogP contribution in [0.15, 0.2) is 29.6 Å². The summed E-state index contributed by atoms with van der Waals surface area (Å²) in [5, 5.41) is 5.61. The number of hydrogen-bond acceptors (Lipinski definition) is 4. The molecule has 3 N–H and O–H groups in total. The fourth-order valence-corrected chi connectivity index (χ4v) is 3.69. The summed E-state index contributed by atoms with van der Waals surface area (Å²) in [5.74, 6) is 0.536. The van der Waals surface area contributed by atoms with Crippen LogP contribution in [0.2, 0.25) is 0 Å². The third kappa shape index (κ3) is 3.65. The van der Waals surface area contributed by atoms with Crippen LogP contribution < -0.4 is 11.1 Å². The van der Waals surface area contributed by atoms with Crippen LogP contribution in [0.5, 0.6) is 0 Å². The molecule has 0 spiro atoms. The lowest BCUT2D eigenvalue weighted by molar-refractivity contribution is -0.121. The molecule has 5 heteroatoms. The maximum Gasteiger partial charge on any atom is 0.220 e. The molecule has 1 heterocycles. The van der Waals surface area contributed by atoms with E-state index in [4.69, 9.17) is 5.73 Å². The second-order valence-corrected chi connectivity index (χ2v) is 6.66. The smallest absolute Gasteiger partial charge is 0.220 e. The summed E-state index contributed by atoms with van der Waals surface area (Å²) in [7, 11) is 0. The minimum absolute atomic E-state index is 0.152. The standard InChI is InChI=1S/C17H21N3OS/c18-17-20-14(11-22-17)5-3-9-19-16(21)10-13-8-7-12-4-1-2-6-15(12)13/h1-2,4,6,11,13H,3,5,7-10H2,(H2,18,20)(H,19,21)/t13-/m1/s1. The Balaban J connectivity index is 1.40. The molecule has 0 saturated heterocycles. The van der Waals surface area contributed by atoms with E-state index in [0.717, 1.165) is 31.4 Å². The SMILES string of the molecule is Nc1nc(CCCNC(=O)C[C@H]2CCc3ccccc32)cs1. The number of aryl methyl sites for hydroxylation is 2. The molecule has 116 valence electrons. The van der Waals surface area contributed by atoms with Crippen LogP contribution >= 0.6 is 11.3 Å². The molecule has 0 saturated carbocycles. The van der Waals surface area contributed by atoms with Gasteiger partial charge in [0.25, 0.3) is 0 Å². The molecular weight excluding hydrogens is 294 g/mol. The van der Waals surface area contributed by atoms with Crippen molar-refractivity contribution in [2.45, 2.75) is 38.0 Å². The van der Waals surface area contributed by atoms with Crippen molar-refractivity contribution in [2.75, 3.05) is 12.3 Å². The summed E-state index contributed by atoms with van der Waals surface area (Å²) in [6.45, 7) is 0.699. The third-order valence-electron chi connectivity index (χ3n) is 4.19. The number of nitrogens with one attached hydrogen (secondary N) is 1. The highest BCUT2D eigenvalue weighted by Gasteiger charge is 2.23. The van der Waals surface area contributed by atoms with Crippen molar-refractivity contribution in [3.8, 4) is 0 Å². The summed E-state index contributed by atoms with van der Waals surface area (Å²) in [6.07, 6.45) is 4.54. The number of carbonyl (C=O) groups excluding carboxylic acids is 1. The largest absolute Gasteiger partial charge is 0.375 e. The van der Waals surface area contributed by atoms with Crippen molar-refractivity contribution < 1.29 is 4.79 Å². The van der Waals surface area contributed by atoms with Gasteiger partial charge in [-0.05, 0) is 42.7 Å². The molecule has 3 rings (SSSR count). The number of thiazole rings is 1. The van der Waals surface area contributed by atoms with Crippen molar-refractivity contribution >= 4 is 22.4 Å². The average molecular weight is 315 g/mol. The van der Waals surface area contributed by atoms with Crippen molar-refractivity contribution in [1.82, 2.24) is 10.3 Å². The molecule has 0 unspecified atom stereocenters. The van der Waals surface area contributed by atoms with E-state index in [2.05, 4.69) is 34.6 Å². The highest BCUT2D eigenvalue weighted by atomic mass is 32.1. The number of carbonyl (C=O) groups is 1. The van der Waals surface area contributed by atoms with Gasteiger partial charge in [-0.2, -0.15) is 0 Å². The average Bonchev–Trinajstić information content (AvgIpc) is 3.11. The van der Waals surface area contributed by atoms with Gasteiger partial charge in [0.1, 0.15) is 0 Å². The van der Waals surface area contributed by atoms with Crippen molar-refractivity contribution in [2.24, 2.45) is 0 Å². The molecule has 1 aromatic heterocycles. The molecule has 0 radical (unpaired) electrons. The van der Waals surface area contributed by atoms with Gasteiger partial charge in [-0.25, -0.2) is 4.98 Å². The number of anilines is 1. The molecule has 1 aliphatic rings.